The van der Waals surface area contributed by atoms with Crippen molar-refractivity contribution in [2.45, 2.75) is 6.61 Å². The van der Waals surface area contributed by atoms with E-state index in [1.165, 1.54) is 6.07 Å². The molecule has 0 aliphatic carbocycles. The van der Waals surface area contributed by atoms with Crippen LogP contribution in [-0.4, -0.2) is 11.1 Å². The Kier molecular flexibility index (Phi) is 3.57. The van der Waals surface area contributed by atoms with Crippen LogP contribution in [0.5, 0.6) is 5.75 Å². The van der Waals surface area contributed by atoms with E-state index >= 15 is 0 Å². The highest BCUT2D eigenvalue weighted by Crippen LogP contribution is 2.24. The molecule has 0 aliphatic heterocycles. The number of carboxylic acid groups (broad SMARTS) is 1. The van der Waals surface area contributed by atoms with Gasteiger partial charge in [-0.15, -0.1) is 11.3 Å². The van der Waals surface area contributed by atoms with Crippen molar-refractivity contribution in [3.63, 3.8) is 0 Å². The van der Waals surface area contributed by atoms with Crippen molar-refractivity contribution < 1.29 is 23.4 Å². The molecule has 0 aliphatic rings. The maximum Gasteiger partial charge on any atom is 0.346 e. The second-order valence-corrected chi connectivity index (χ2v) is 4.34. The number of halogens is 2. The molecule has 0 fully saturated rings. The van der Waals surface area contributed by atoms with Gasteiger partial charge in [0, 0.05) is 5.56 Å². The summed E-state index contributed by atoms with van der Waals surface area (Å²) in [6.45, 7) is -0.191. The molecule has 0 radical (unpaired) electrons. The number of thiophene rings is 1. The summed E-state index contributed by atoms with van der Waals surface area (Å²) in [5.74, 6) is -3.22. The molecule has 94 valence electrons. The highest BCUT2D eigenvalue weighted by atomic mass is 32.1. The monoisotopic (exact) mass is 270 g/mol. The summed E-state index contributed by atoms with van der Waals surface area (Å²) >= 11 is 1.03. The molecule has 2 aromatic rings. The summed E-state index contributed by atoms with van der Waals surface area (Å²) in [5.41, 5.74) is 0.384. The summed E-state index contributed by atoms with van der Waals surface area (Å²) in [5, 5.41) is 10.5. The molecule has 0 bridgehead atoms. The Morgan fingerprint density at radius 2 is 1.94 bits per heavy atom. The van der Waals surface area contributed by atoms with Crippen molar-refractivity contribution in [2.24, 2.45) is 0 Å². The molecule has 1 aromatic heterocycles. The van der Waals surface area contributed by atoms with Gasteiger partial charge in [0.1, 0.15) is 11.5 Å². The third kappa shape index (κ3) is 2.48. The number of carbonyl (C=O) groups is 1. The molecule has 6 heteroatoms. The molecular formula is C12H8F2O3S. The Labute approximate surface area is 105 Å². The van der Waals surface area contributed by atoms with Crippen molar-refractivity contribution in [3.8, 4) is 5.75 Å². The minimum Gasteiger partial charge on any atom is -0.483 e. The van der Waals surface area contributed by atoms with Gasteiger partial charge in [-0.3, -0.25) is 0 Å². The first-order valence-electron chi connectivity index (χ1n) is 4.96. The van der Waals surface area contributed by atoms with E-state index in [9.17, 15) is 13.6 Å². The minimum atomic E-state index is -1.09. The zero-order valence-electron chi connectivity index (χ0n) is 9.02. The smallest absolute Gasteiger partial charge is 0.346 e. The Morgan fingerprint density at radius 3 is 2.56 bits per heavy atom. The first-order chi connectivity index (χ1) is 8.59. The first-order valence-corrected chi connectivity index (χ1v) is 5.84. The van der Waals surface area contributed by atoms with E-state index in [2.05, 4.69) is 0 Å². The fraction of sp³-hybridized carbons (Fsp3) is 0.0833. The van der Waals surface area contributed by atoms with Crippen LogP contribution in [-0.2, 0) is 6.61 Å². The highest BCUT2D eigenvalue weighted by Gasteiger charge is 2.14. The number of hydrogen-bond acceptors (Lipinski definition) is 3. The maximum atomic E-state index is 13.3. The molecule has 0 saturated carbocycles. The number of rotatable bonds is 4. The van der Waals surface area contributed by atoms with Crippen LogP contribution in [0.4, 0.5) is 8.78 Å². The molecule has 0 unspecified atom stereocenters. The van der Waals surface area contributed by atoms with E-state index in [0.717, 1.165) is 23.5 Å². The number of benzene rings is 1. The van der Waals surface area contributed by atoms with Gasteiger partial charge in [-0.05, 0) is 23.6 Å². The second-order valence-electron chi connectivity index (χ2n) is 3.42. The number of para-hydroxylation sites is 1. The van der Waals surface area contributed by atoms with Crippen LogP contribution in [0.2, 0.25) is 0 Å². The predicted molar refractivity (Wildman–Crippen MR) is 62.0 cm³/mol. The Balaban J connectivity index is 2.17. The zero-order chi connectivity index (χ0) is 13.1. The molecule has 3 nitrogen and oxygen atoms in total. The van der Waals surface area contributed by atoms with E-state index in [-0.39, 0.29) is 11.5 Å². The van der Waals surface area contributed by atoms with E-state index in [1.807, 2.05) is 0 Å². The van der Waals surface area contributed by atoms with Crippen LogP contribution in [0.1, 0.15) is 15.2 Å². The van der Waals surface area contributed by atoms with Crippen LogP contribution in [0.3, 0.4) is 0 Å². The third-order valence-electron chi connectivity index (χ3n) is 2.23. The van der Waals surface area contributed by atoms with Crippen LogP contribution in [0.25, 0.3) is 0 Å². The number of ether oxygens (including phenoxy) is 1. The summed E-state index contributed by atoms with van der Waals surface area (Å²) < 4.78 is 31.5. The van der Waals surface area contributed by atoms with Gasteiger partial charge in [0.2, 0.25) is 0 Å². The highest BCUT2D eigenvalue weighted by molar-refractivity contribution is 7.12. The molecule has 0 amide bonds. The molecule has 2 rings (SSSR count). The molecule has 0 saturated heterocycles. The van der Waals surface area contributed by atoms with E-state index in [4.69, 9.17) is 9.84 Å². The first kappa shape index (κ1) is 12.5. The molecule has 0 atom stereocenters. The summed E-state index contributed by atoms with van der Waals surface area (Å²) in [6.07, 6.45) is 0. The lowest BCUT2D eigenvalue weighted by Gasteiger charge is -2.07. The van der Waals surface area contributed by atoms with Crippen LogP contribution >= 0.6 is 11.3 Å². The quantitative estimate of drug-likeness (QED) is 0.927. The average Bonchev–Trinajstić information content (AvgIpc) is 2.76. The molecular weight excluding hydrogens is 262 g/mol. The van der Waals surface area contributed by atoms with Gasteiger partial charge in [-0.2, -0.15) is 0 Å². The van der Waals surface area contributed by atoms with Gasteiger partial charge < -0.3 is 9.84 Å². The normalized spacial score (nSPS) is 10.3. The topological polar surface area (TPSA) is 46.5 Å². The van der Waals surface area contributed by atoms with Gasteiger partial charge in [0.05, 0.1) is 0 Å². The largest absolute Gasteiger partial charge is 0.483 e. The minimum absolute atomic E-state index is 0.103. The van der Waals surface area contributed by atoms with Crippen molar-refractivity contribution in [1.29, 1.82) is 0 Å². The standard InChI is InChI=1S/C12H8F2O3S/c13-8-2-1-3-9(14)10(8)17-6-7-4-5-18-11(7)12(15)16/h1-5H,6H2,(H,15,16). The Bertz CT molecular complexity index is 560. The third-order valence-corrected chi connectivity index (χ3v) is 3.18. The summed E-state index contributed by atoms with van der Waals surface area (Å²) in [4.78, 5) is 10.9. The molecule has 1 aromatic carbocycles. The van der Waals surface area contributed by atoms with Crippen LogP contribution < -0.4 is 4.74 Å². The summed E-state index contributed by atoms with van der Waals surface area (Å²) in [7, 11) is 0. The fourth-order valence-electron chi connectivity index (χ4n) is 1.41. The lowest BCUT2D eigenvalue weighted by molar-refractivity contribution is 0.0699. The van der Waals surface area contributed by atoms with Crippen molar-refractivity contribution in [3.05, 3.63) is 51.7 Å². The fourth-order valence-corrected chi connectivity index (χ4v) is 2.15. The van der Waals surface area contributed by atoms with Gasteiger partial charge in [0.25, 0.3) is 0 Å². The SMILES string of the molecule is O=C(O)c1sccc1COc1c(F)cccc1F. The van der Waals surface area contributed by atoms with Crippen molar-refractivity contribution in [1.82, 2.24) is 0 Å². The lowest BCUT2D eigenvalue weighted by Crippen LogP contribution is -2.03. The van der Waals surface area contributed by atoms with Crippen molar-refractivity contribution in [2.75, 3.05) is 0 Å². The summed E-state index contributed by atoms with van der Waals surface area (Å²) in [6, 6.07) is 4.92. The number of carboxylic acids is 1. The predicted octanol–water partition coefficient (Wildman–Crippen LogP) is 3.30. The Morgan fingerprint density at radius 1 is 1.28 bits per heavy atom. The van der Waals surface area contributed by atoms with Gasteiger partial charge in [-0.1, -0.05) is 6.07 Å². The van der Waals surface area contributed by atoms with E-state index in [0.29, 0.717) is 5.56 Å². The van der Waals surface area contributed by atoms with Gasteiger partial charge >= 0.3 is 5.97 Å². The van der Waals surface area contributed by atoms with Crippen LogP contribution in [0, 0.1) is 11.6 Å². The number of hydrogen-bond donors (Lipinski definition) is 1. The maximum absolute atomic E-state index is 13.3. The van der Waals surface area contributed by atoms with Gasteiger partial charge in [-0.25, -0.2) is 13.6 Å². The van der Waals surface area contributed by atoms with E-state index in [1.54, 1.807) is 11.4 Å². The zero-order valence-corrected chi connectivity index (χ0v) is 9.84. The van der Waals surface area contributed by atoms with Crippen LogP contribution in [0.15, 0.2) is 29.6 Å². The molecule has 1 N–H and O–H groups in total. The Hall–Kier alpha value is -1.95. The number of aromatic carboxylic acids is 1. The van der Waals surface area contributed by atoms with Gasteiger partial charge in [0.15, 0.2) is 17.4 Å². The molecule has 18 heavy (non-hydrogen) atoms. The lowest BCUT2D eigenvalue weighted by atomic mass is 10.2. The average molecular weight is 270 g/mol. The van der Waals surface area contributed by atoms with Crippen molar-refractivity contribution >= 4 is 17.3 Å². The second kappa shape index (κ2) is 5.14. The van der Waals surface area contributed by atoms with E-state index < -0.39 is 23.4 Å². The molecule has 1 heterocycles. The molecule has 0 spiro atoms.